The highest BCUT2D eigenvalue weighted by molar-refractivity contribution is 9.10. The van der Waals surface area contributed by atoms with Crippen LogP contribution in [0.15, 0.2) is 53.0 Å². The van der Waals surface area contributed by atoms with Gasteiger partial charge in [0.1, 0.15) is 11.4 Å². The van der Waals surface area contributed by atoms with Crippen molar-refractivity contribution in [3.05, 3.63) is 69.7 Å². The van der Waals surface area contributed by atoms with Crippen LogP contribution in [0.2, 0.25) is 0 Å². The van der Waals surface area contributed by atoms with Crippen LogP contribution in [0.3, 0.4) is 0 Å². The van der Waals surface area contributed by atoms with Crippen molar-refractivity contribution in [1.82, 2.24) is 4.90 Å². The monoisotopic (exact) mass is 425 g/mol. The van der Waals surface area contributed by atoms with Gasteiger partial charge in [-0.05, 0) is 30.3 Å². The van der Waals surface area contributed by atoms with Gasteiger partial charge in [-0.2, -0.15) is 0 Å². The SMILES string of the molecule is CN1C[C@@H]2C(=O)[C@H](C1)[C@@H](c1ccc(Br)cc1)[C@@H]1C(=O)c3ccccc3[C@]21O. The molecule has 0 unspecified atom stereocenters. The number of fused-ring (bicyclic) bond motifs is 6. The van der Waals surface area contributed by atoms with Crippen LogP contribution in [-0.4, -0.2) is 41.7 Å². The lowest BCUT2D eigenvalue weighted by molar-refractivity contribution is -0.164. The lowest BCUT2D eigenvalue weighted by atomic mass is 9.55. The van der Waals surface area contributed by atoms with Gasteiger partial charge in [0.05, 0.1) is 11.8 Å². The lowest BCUT2D eigenvalue weighted by Crippen LogP contribution is -2.63. The Labute approximate surface area is 166 Å². The molecule has 1 saturated heterocycles. The van der Waals surface area contributed by atoms with E-state index in [0.717, 1.165) is 10.0 Å². The van der Waals surface area contributed by atoms with Crippen molar-refractivity contribution in [2.24, 2.45) is 17.8 Å². The van der Waals surface area contributed by atoms with Gasteiger partial charge in [-0.3, -0.25) is 9.59 Å². The van der Waals surface area contributed by atoms with Crippen LogP contribution in [0.25, 0.3) is 0 Å². The third kappa shape index (κ3) is 2.22. The van der Waals surface area contributed by atoms with E-state index in [1.54, 1.807) is 6.07 Å². The summed E-state index contributed by atoms with van der Waals surface area (Å²) in [5.41, 5.74) is 0.687. The number of aliphatic hydroxyl groups is 1. The van der Waals surface area contributed by atoms with Gasteiger partial charge in [-0.25, -0.2) is 0 Å². The number of hydrogen-bond acceptors (Lipinski definition) is 4. The van der Waals surface area contributed by atoms with Crippen LogP contribution in [0.5, 0.6) is 0 Å². The molecule has 4 nitrogen and oxygen atoms in total. The van der Waals surface area contributed by atoms with Gasteiger partial charge in [0.15, 0.2) is 5.78 Å². The number of halogens is 1. The third-order valence-electron chi connectivity index (χ3n) is 6.67. The molecule has 2 aliphatic carbocycles. The molecule has 5 rings (SSSR count). The van der Waals surface area contributed by atoms with E-state index in [-0.39, 0.29) is 23.4 Å². The fourth-order valence-corrected chi connectivity index (χ4v) is 5.84. The van der Waals surface area contributed by atoms with Crippen molar-refractivity contribution in [2.75, 3.05) is 20.1 Å². The van der Waals surface area contributed by atoms with Crippen molar-refractivity contribution >= 4 is 27.5 Å². The minimum Gasteiger partial charge on any atom is -0.384 e. The summed E-state index contributed by atoms with van der Waals surface area (Å²) < 4.78 is 0.948. The average molecular weight is 426 g/mol. The smallest absolute Gasteiger partial charge is 0.170 e. The molecule has 0 aromatic heterocycles. The Bertz CT molecular complexity index is 956. The Balaban J connectivity index is 1.76. The molecule has 27 heavy (non-hydrogen) atoms. The molecule has 2 fully saturated rings. The summed E-state index contributed by atoms with van der Waals surface area (Å²) in [7, 11) is 1.98. The number of hydrogen-bond donors (Lipinski definition) is 1. The molecule has 2 aromatic carbocycles. The van der Waals surface area contributed by atoms with Crippen LogP contribution in [-0.2, 0) is 10.4 Å². The van der Waals surface area contributed by atoms with Gasteiger partial charge in [0.25, 0.3) is 0 Å². The first-order valence-electron chi connectivity index (χ1n) is 9.26. The second kappa shape index (κ2) is 5.84. The zero-order valence-electron chi connectivity index (χ0n) is 14.9. The van der Waals surface area contributed by atoms with E-state index in [9.17, 15) is 14.7 Å². The first-order valence-corrected chi connectivity index (χ1v) is 10.1. The molecule has 0 spiro atoms. The summed E-state index contributed by atoms with van der Waals surface area (Å²) in [5, 5.41) is 11.9. The molecule has 2 aromatic rings. The van der Waals surface area contributed by atoms with Crippen LogP contribution in [0.1, 0.15) is 27.4 Å². The molecule has 1 aliphatic heterocycles. The highest BCUT2D eigenvalue weighted by atomic mass is 79.9. The second-order valence-electron chi connectivity index (χ2n) is 8.07. The largest absolute Gasteiger partial charge is 0.384 e. The highest BCUT2D eigenvalue weighted by Gasteiger charge is 2.67. The maximum atomic E-state index is 13.4. The summed E-state index contributed by atoms with van der Waals surface area (Å²) >= 11 is 3.45. The van der Waals surface area contributed by atoms with Gasteiger partial charge in [0.2, 0.25) is 0 Å². The van der Waals surface area contributed by atoms with Crippen molar-refractivity contribution in [3.8, 4) is 0 Å². The molecule has 0 amide bonds. The first-order chi connectivity index (χ1) is 12.9. The van der Waals surface area contributed by atoms with Crippen molar-refractivity contribution in [2.45, 2.75) is 11.5 Å². The zero-order valence-corrected chi connectivity index (χ0v) is 16.5. The maximum Gasteiger partial charge on any atom is 0.170 e. The second-order valence-corrected chi connectivity index (χ2v) is 8.99. The van der Waals surface area contributed by atoms with Gasteiger partial charge in [-0.1, -0.05) is 52.3 Å². The highest BCUT2D eigenvalue weighted by Crippen LogP contribution is 2.59. The number of ketones is 2. The third-order valence-corrected chi connectivity index (χ3v) is 7.20. The Morgan fingerprint density at radius 1 is 1.07 bits per heavy atom. The molecule has 2 bridgehead atoms. The van der Waals surface area contributed by atoms with Gasteiger partial charge >= 0.3 is 0 Å². The number of carbonyl (C=O) groups excluding carboxylic acids is 2. The summed E-state index contributed by atoms with van der Waals surface area (Å²) in [5.74, 6) is -1.73. The summed E-state index contributed by atoms with van der Waals surface area (Å²) in [6.45, 7) is 1.10. The molecule has 5 heteroatoms. The fraction of sp³-hybridized carbons (Fsp3) is 0.364. The molecular formula is C22H20BrNO3. The van der Waals surface area contributed by atoms with E-state index in [1.165, 1.54) is 0 Å². The average Bonchev–Trinajstić information content (AvgIpc) is 2.88. The summed E-state index contributed by atoms with van der Waals surface area (Å²) in [4.78, 5) is 28.9. The zero-order chi connectivity index (χ0) is 18.9. The van der Waals surface area contributed by atoms with Crippen LogP contribution < -0.4 is 0 Å². The van der Waals surface area contributed by atoms with E-state index >= 15 is 0 Å². The maximum absolute atomic E-state index is 13.4. The number of benzene rings is 2. The molecule has 3 aliphatic rings. The minimum atomic E-state index is -1.44. The van der Waals surface area contributed by atoms with Crippen molar-refractivity contribution in [1.29, 1.82) is 0 Å². The minimum absolute atomic E-state index is 0.0342. The van der Waals surface area contributed by atoms with Crippen molar-refractivity contribution in [3.63, 3.8) is 0 Å². The molecule has 138 valence electrons. The van der Waals surface area contributed by atoms with Crippen molar-refractivity contribution < 1.29 is 14.7 Å². The van der Waals surface area contributed by atoms with E-state index in [0.29, 0.717) is 24.2 Å². The number of rotatable bonds is 1. The molecule has 0 radical (unpaired) electrons. The van der Waals surface area contributed by atoms with Crippen LogP contribution in [0, 0.1) is 17.8 Å². The van der Waals surface area contributed by atoms with Gasteiger partial charge in [0, 0.05) is 35.0 Å². The van der Waals surface area contributed by atoms with Crippen LogP contribution in [0.4, 0.5) is 0 Å². The Kier molecular flexibility index (Phi) is 3.74. The van der Waals surface area contributed by atoms with E-state index in [4.69, 9.17) is 0 Å². The Morgan fingerprint density at radius 2 is 1.78 bits per heavy atom. The molecule has 1 N–H and O–H groups in total. The lowest BCUT2D eigenvalue weighted by Gasteiger charge is -2.53. The van der Waals surface area contributed by atoms with Gasteiger partial charge < -0.3 is 10.0 Å². The topological polar surface area (TPSA) is 57.6 Å². The summed E-state index contributed by atoms with van der Waals surface area (Å²) in [6.07, 6.45) is 0. The summed E-state index contributed by atoms with van der Waals surface area (Å²) in [6, 6.07) is 15.1. The number of piperidine rings is 1. The quantitative estimate of drug-likeness (QED) is 0.762. The molecule has 5 atom stereocenters. The van der Waals surface area contributed by atoms with Gasteiger partial charge in [-0.15, -0.1) is 0 Å². The molecule has 1 saturated carbocycles. The first kappa shape index (κ1) is 17.3. The fourth-order valence-electron chi connectivity index (χ4n) is 5.57. The van der Waals surface area contributed by atoms with Crippen LogP contribution >= 0.6 is 15.9 Å². The standard InChI is InChI=1S/C22H20BrNO3/c1-24-10-15-18(12-6-8-13(23)9-7-12)19-21(26)14-4-2-3-5-16(14)22(19,27)17(11-24)20(15)25/h2-9,15,17-19,27H,10-11H2,1H3/t15-,17-,18-,19-,22+/m1/s1. The van der Waals surface area contributed by atoms with E-state index in [2.05, 4.69) is 20.8 Å². The predicted octanol–water partition coefficient (Wildman–Crippen LogP) is 2.99. The number of likely N-dealkylation sites (tertiary alicyclic amines) is 1. The number of carbonyl (C=O) groups is 2. The number of Topliss-reactive ketones (excluding diaryl/α,β-unsaturated/α-hetero) is 2. The number of nitrogens with zero attached hydrogens (tertiary/aromatic N) is 1. The molecule has 1 heterocycles. The van der Waals surface area contributed by atoms with E-state index in [1.807, 2.05) is 49.5 Å². The Hall–Kier alpha value is -1.82. The predicted molar refractivity (Wildman–Crippen MR) is 105 cm³/mol. The normalized spacial score (nSPS) is 35.1. The Morgan fingerprint density at radius 3 is 2.52 bits per heavy atom. The van der Waals surface area contributed by atoms with E-state index < -0.39 is 17.4 Å². The molecular weight excluding hydrogens is 406 g/mol.